The molecule has 170 valence electrons. The number of likely N-dealkylation sites (tertiary alicyclic amines) is 1. The lowest BCUT2D eigenvalue weighted by Gasteiger charge is -2.35. The van der Waals surface area contributed by atoms with Crippen molar-refractivity contribution >= 4 is 35.0 Å². The lowest BCUT2D eigenvalue weighted by atomic mass is 9.84. The minimum Gasteiger partial charge on any atom is -0.497 e. The van der Waals surface area contributed by atoms with Gasteiger partial charge in [-0.15, -0.1) is 11.3 Å². The summed E-state index contributed by atoms with van der Waals surface area (Å²) in [4.78, 5) is 45.0. The molecular formula is C27H22N2O4S. The number of benzene rings is 2. The standard InChI is InChI=1S/C27H22N2O4S/c1-33-18-10-8-16(9-11-18)15-29-26(31)21-22(27(29)32)24(25(30)20-7-4-14-34-20)28-13-12-17-5-2-3-6-19(17)23(21)28/h2-14,21-24H,15H2,1H3/t21-,22+,23+,24+/m0/s1. The van der Waals surface area contributed by atoms with Gasteiger partial charge in [-0.2, -0.15) is 0 Å². The first kappa shape index (κ1) is 20.9. The topological polar surface area (TPSA) is 66.9 Å². The number of methoxy groups -OCH3 is 1. The Morgan fingerprint density at radius 1 is 0.971 bits per heavy atom. The summed E-state index contributed by atoms with van der Waals surface area (Å²) in [7, 11) is 1.59. The van der Waals surface area contributed by atoms with Crippen LogP contribution in [-0.2, 0) is 16.1 Å². The Hall–Kier alpha value is -3.71. The van der Waals surface area contributed by atoms with Gasteiger partial charge >= 0.3 is 0 Å². The molecule has 2 aromatic carbocycles. The van der Waals surface area contributed by atoms with Gasteiger partial charge in [-0.3, -0.25) is 19.3 Å². The molecule has 2 fully saturated rings. The molecule has 2 amide bonds. The maximum atomic E-state index is 13.8. The molecule has 1 aromatic heterocycles. The Labute approximate surface area is 201 Å². The average Bonchev–Trinajstić information content (AvgIpc) is 3.58. The second-order valence-electron chi connectivity index (χ2n) is 8.79. The highest BCUT2D eigenvalue weighted by Gasteiger charge is 2.64. The molecule has 0 unspecified atom stereocenters. The minimum absolute atomic E-state index is 0.107. The molecule has 3 aliphatic rings. The summed E-state index contributed by atoms with van der Waals surface area (Å²) in [5.74, 6) is -1.22. The van der Waals surface area contributed by atoms with E-state index >= 15 is 0 Å². The molecule has 4 atom stereocenters. The molecular weight excluding hydrogens is 448 g/mol. The molecule has 34 heavy (non-hydrogen) atoms. The SMILES string of the molecule is COc1ccc(CN2C(=O)[C@@H]3[C@H](C2=O)[C@H]2c4ccccc4C=CN2[C@H]3C(=O)c2cccs2)cc1. The normalized spacial score (nSPS) is 24.7. The van der Waals surface area contributed by atoms with Gasteiger partial charge in [0.25, 0.3) is 0 Å². The van der Waals surface area contributed by atoms with E-state index in [0.29, 0.717) is 10.6 Å². The predicted molar refractivity (Wildman–Crippen MR) is 128 cm³/mol. The Balaban J connectivity index is 1.41. The van der Waals surface area contributed by atoms with Crippen molar-refractivity contribution < 1.29 is 19.1 Å². The van der Waals surface area contributed by atoms with E-state index in [0.717, 1.165) is 16.7 Å². The second kappa shape index (κ2) is 7.95. The lowest BCUT2D eigenvalue weighted by molar-refractivity contribution is -0.142. The van der Waals surface area contributed by atoms with Gasteiger partial charge in [0.1, 0.15) is 11.8 Å². The van der Waals surface area contributed by atoms with E-state index in [1.54, 1.807) is 13.2 Å². The maximum absolute atomic E-state index is 13.8. The van der Waals surface area contributed by atoms with Crippen LogP contribution in [-0.4, -0.2) is 40.5 Å². The highest BCUT2D eigenvalue weighted by Crippen LogP contribution is 2.53. The number of fused-ring (bicyclic) bond motifs is 5. The number of carbonyl (C=O) groups is 3. The van der Waals surface area contributed by atoms with Crippen molar-refractivity contribution in [3.63, 3.8) is 0 Å². The van der Waals surface area contributed by atoms with Gasteiger partial charge in [0.05, 0.1) is 36.4 Å². The van der Waals surface area contributed by atoms with E-state index in [1.165, 1.54) is 16.2 Å². The number of Topliss-reactive ketones (excluding diaryl/α,β-unsaturated/α-hetero) is 1. The first-order valence-corrected chi connectivity index (χ1v) is 12.1. The van der Waals surface area contributed by atoms with Crippen molar-refractivity contribution in [2.75, 3.05) is 7.11 Å². The number of carbonyl (C=O) groups excluding carboxylic acids is 3. The molecule has 0 bridgehead atoms. The van der Waals surface area contributed by atoms with Gasteiger partial charge in [0.2, 0.25) is 11.8 Å². The summed E-state index contributed by atoms with van der Waals surface area (Å²) in [5.41, 5.74) is 2.83. The molecule has 0 spiro atoms. The van der Waals surface area contributed by atoms with Crippen molar-refractivity contribution in [1.82, 2.24) is 9.80 Å². The summed E-state index contributed by atoms with van der Waals surface area (Å²) in [6, 6.07) is 17.8. The van der Waals surface area contributed by atoms with Crippen molar-refractivity contribution in [2.45, 2.75) is 18.6 Å². The van der Waals surface area contributed by atoms with Crippen LogP contribution < -0.4 is 4.74 Å². The Morgan fingerprint density at radius 3 is 2.47 bits per heavy atom. The molecule has 4 heterocycles. The lowest BCUT2D eigenvalue weighted by Crippen LogP contribution is -2.43. The van der Waals surface area contributed by atoms with E-state index in [2.05, 4.69) is 0 Å². The first-order valence-electron chi connectivity index (χ1n) is 11.2. The zero-order chi connectivity index (χ0) is 23.4. The fourth-order valence-electron chi connectivity index (χ4n) is 5.55. The Bertz CT molecular complexity index is 1310. The molecule has 0 saturated carbocycles. The maximum Gasteiger partial charge on any atom is 0.236 e. The van der Waals surface area contributed by atoms with Crippen LogP contribution in [0.1, 0.15) is 32.4 Å². The van der Waals surface area contributed by atoms with Gasteiger partial charge in [-0.05, 0) is 46.3 Å². The quantitative estimate of drug-likeness (QED) is 0.414. The van der Waals surface area contributed by atoms with Gasteiger partial charge in [-0.1, -0.05) is 42.5 Å². The fraction of sp³-hybridized carbons (Fsp3) is 0.222. The molecule has 6 rings (SSSR count). The van der Waals surface area contributed by atoms with Crippen LogP contribution in [0.15, 0.2) is 72.2 Å². The number of nitrogens with zero attached hydrogens (tertiary/aromatic N) is 2. The van der Waals surface area contributed by atoms with Crippen molar-refractivity contribution in [1.29, 1.82) is 0 Å². The van der Waals surface area contributed by atoms with Crippen LogP contribution in [0, 0.1) is 11.8 Å². The fourth-order valence-corrected chi connectivity index (χ4v) is 6.25. The third-order valence-electron chi connectivity index (χ3n) is 7.09. The number of hydrogen-bond acceptors (Lipinski definition) is 6. The highest BCUT2D eigenvalue weighted by molar-refractivity contribution is 7.12. The minimum atomic E-state index is -0.721. The molecule has 7 heteroatoms. The van der Waals surface area contributed by atoms with E-state index in [4.69, 9.17) is 4.74 Å². The summed E-state index contributed by atoms with van der Waals surface area (Å²) in [6.07, 6.45) is 3.85. The highest BCUT2D eigenvalue weighted by atomic mass is 32.1. The van der Waals surface area contributed by atoms with Crippen LogP contribution in [0.25, 0.3) is 6.08 Å². The van der Waals surface area contributed by atoms with E-state index in [1.807, 2.05) is 77.2 Å². The first-order chi connectivity index (χ1) is 16.6. The van der Waals surface area contributed by atoms with Gasteiger partial charge < -0.3 is 9.64 Å². The van der Waals surface area contributed by atoms with Gasteiger partial charge in [0.15, 0.2) is 5.78 Å². The average molecular weight is 471 g/mol. The van der Waals surface area contributed by atoms with Crippen LogP contribution in [0.5, 0.6) is 5.75 Å². The summed E-state index contributed by atoms with van der Waals surface area (Å²) >= 11 is 1.36. The van der Waals surface area contributed by atoms with E-state index in [-0.39, 0.29) is 30.2 Å². The van der Waals surface area contributed by atoms with Crippen LogP contribution in [0.4, 0.5) is 0 Å². The van der Waals surface area contributed by atoms with Gasteiger partial charge in [-0.25, -0.2) is 0 Å². The number of amides is 2. The number of ketones is 1. The van der Waals surface area contributed by atoms with Crippen molar-refractivity contribution in [3.8, 4) is 5.75 Å². The monoisotopic (exact) mass is 470 g/mol. The van der Waals surface area contributed by atoms with Crippen LogP contribution in [0.2, 0.25) is 0 Å². The van der Waals surface area contributed by atoms with Crippen molar-refractivity contribution in [3.05, 3.63) is 93.8 Å². The molecule has 0 aliphatic carbocycles. The van der Waals surface area contributed by atoms with Crippen LogP contribution >= 0.6 is 11.3 Å². The van der Waals surface area contributed by atoms with Crippen LogP contribution in [0.3, 0.4) is 0 Å². The summed E-state index contributed by atoms with van der Waals surface area (Å²) in [5, 5.41) is 1.86. The second-order valence-corrected chi connectivity index (χ2v) is 9.73. The Kier molecular flexibility index (Phi) is 4.88. The molecule has 6 nitrogen and oxygen atoms in total. The zero-order valence-corrected chi connectivity index (χ0v) is 19.3. The van der Waals surface area contributed by atoms with Gasteiger partial charge in [0, 0.05) is 6.20 Å². The number of hydrogen-bond donors (Lipinski definition) is 0. The molecule has 0 radical (unpaired) electrons. The van der Waals surface area contributed by atoms with E-state index < -0.39 is 17.9 Å². The van der Waals surface area contributed by atoms with Crippen molar-refractivity contribution in [2.24, 2.45) is 11.8 Å². The number of ether oxygens (including phenoxy) is 1. The molecule has 3 aromatic rings. The zero-order valence-electron chi connectivity index (χ0n) is 18.5. The van der Waals surface area contributed by atoms with E-state index in [9.17, 15) is 14.4 Å². The number of rotatable bonds is 5. The summed E-state index contributed by atoms with van der Waals surface area (Å²) < 4.78 is 5.21. The molecule has 0 N–H and O–H groups in total. The Morgan fingerprint density at radius 2 is 1.74 bits per heavy atom. The number of thiophene rings is 1. The molecule has 3 aliphatic heterocycles. The largest absolute Gasteiger partial charge is 0.497 e. The number of imide groups is 1. The predicted octanol–water partition coefficient (Wildman–Crippen LogP) is 4.15. The third kappa shape index (κ3) is 3.04. The smallest absolute Gasteiger partial charge is 0.236 e. The summed E-state index contributed by atoms with van der Waals surface area (Å²) in [6.45, 7) is 0.179. The molecule has 2 saturated heterocycles. The third-order valence-corrected chi connectivity index (χ3v) is 7.97.